The van der Waals surface area contributed by atoms with Gasteiger partial charge in [-0.3, -0.25) is 29.4 Å². The van der Waals surface area contributed by atoms with E-state index >= 15 is 0 Å². The quantitative estimate of drug-likeness (QED) is 0.153. The topological polar surface area (TPSA) is 119 Å². The molecule has 40 heavy (non-hydrogen) atoms. The number of thioether (sulfide) groups is 1. The summed E-state index contributed by atoms with van der Waals surface area (Å²) in [4.78, 5) is 48.8. The minimum atomic E-state index is -4.78. The number of nitrogens with one attached hydrogen (secondary N) is 1. The van der Waals surface area contributed by atoms with E-state index in [1.807, 2.05) is 0 Å². The van der Waals surface area contributed by atoms with Gasteiger partial charge in [0, 0.05) is 11.8 Å². The number of anilines is 1. The van der Waals surface area contributed by atoms with Crippen molar-refractivity contribution in [2.75, 3.05) is 11.9 Å². The highest BCUT2D eigenvalue weighted by Gasteiger charge is 2.37. The van der Waals surface area contributed by atoms with Gasteiger partial charge in [0.05, 0.1) is 24.3 Å². The van der Waals surface area contributed by atoms with Gasteiger partial charge in [0.2, 0.25) is 11.7 Å². The predicted molar refractivity (Wildman–Crippen MR) is 148 cm³/mol. The summed E-state index contributed by atoms with van der Waals surface area (Å²) in [7, 11) is 0. The summed E-state index contributed by atoms with van der Waals surface area (Å²) in [5, 5.41) is 13.4. The molecule has 0 spiro atoms. The van der Waals surface area contributed by atoms with Crippen LogP contribution < -0.4 is 10.1 Å². The van der Waals surface area contributed by atoms with E-state index in [4.69, 9.17) is 4.74 Å². The standard InChI is InChI=1S/C25H14Br2F3N3O6S/c26-16-8-13(9-17(27)22(16)39-19-7-6-14(25(28,29)30)11-18(19)33(37)38)10-20-23(35)32(24(36)40-20)12-21(34)31-15-4-2-1-3-5-15/h1-11H,12H2,(H,31,34)/b20-10-. The zero-order valence-corrected chi connectivity index (χ0v) is 23.7. The molecule has 3 amide bonds. The van der Waals surface area contributed by atoms with Gasteiger partial charge in [-0.1, -0.05) is 18.2 Å². The third-order valence-corrected chi connectivity index (χ3v) is 7.33. The molecule has 0 aliphatic carbocycles. The van der Waals surface area contributed by atoms with E-state index in [0.29, 0.717) is 35.1 Å². The summed E-state index contributed by atoms with van der Waals surface area (Å²) in [5.41, 5.74) is -1.17. The van der Waals surface area contributed by atoms with Crippen molar-refractivity contribution in [3.05, 3.63) is 95.8 Å². The molecule has 9 nitrogen and oxygen atoms in total. The summed E-state index contributed by atoms with van der Waals surface area (Å²) in [6.45, 7) is -0.483. The Morgan fingerprint density at radius 1 is 1.07 bits per heavy atom. The number of imide groups is 1. The highest BCUT2D eigenvalue weighted by atomic mass is 79.9. The second-order valence-corrected chi connectivity index (χ2v) is 10.7. The van der Waals surface area contributed by atoms with Crippen LogP contribution in [0, 0.1) is 10.1 Å². The molecule has 1 aliphatic rings. The van der Waals surface area contributed by atoms with Crippen LogP contribution in [0.3, 0.4) is 0 Å². The number of carbonyl (C=O) groups is 3. The average Bonchev–Trinajstić information content (AvgIpc) is 3.13. The van der Waals surface area contributed by atoms with Gasteiger partial charge < -0.3 is 10.1 Å². The number of halogens is 5. The molecule has 1 N–H and O–H groups in total. The zero-order chi connectivity index (χ0) is 29.2. The number of nitro groups is 1. The van der Waals surface area contributed by atoms with Crippen LogP contribution >= 0.6 is 43.6 Å². The molecule has 1 fully saturated rings. The monoisotopic (exact) mass is 699 g/mol. The van der Waals surface area contributed by atoms with Gasteiger partial charge in [0.1, 0.15) is 6.54 Å². The fourth-order valence-electron chi connectivity index (χ4n) is 3.45. The molecule has 0 radical (unpaired) electrons. The smallest absolute Gasteiger partial charge is 0.416 e. The van der Waals surface area contributed by atoms with E-state index in [1.54, 1.807) is 30.3 Å². The van der Waals surface area contributed by atoms with Crippen molar-refractivity contribution in [2.24, 2.45) is 0 Å². The Morgan fingerprint density at radius 3 is 2.33 bits per heavy atom. The van der Waals surface area contributed by atoms with Crippen LogP contribution in [0.2, 0.25) is 0 Å². The molecule has 1 heterocycles. The number of para-hydroxylation sites is 1. The maximum absolute atomic E-state index is 13.0. The van der Waals surface area contributed by atoms with Crippen LogP contribution in [-0.2, 0) is 15.8 Å². The lowest BCUT2D eigenvalue weighted by Crippen LogP contribution is -2.36. The fourth-order valence-corrected chi connectivity index (χ4v) is 5.67. The van der Waals surface area contributed by atoms with Crippen LogP contribution in [0.15, 0.2) is 74.5 Å². The Morgan fingerprint density at radius 2 is 1.73 bits per heavy atom. The Kier molecular flexibility index (Phi) is 8.65. The minimum Gasteiger partial charge on any atom is -0.448 e. The normalized spacial score (nSPS) is 14.5. The largest absolute Gasteiger partial charge is 0.448 e. The zero-order valence-electron chi connectivity index (χ0n) is 19.7. The molecule has 1 aliphatic heterocycles. The summed E-state index contributed by atoms with van der Waals surface area (Å²) >= 11 is 7.16. The number of hydrogen-bond acceptors (Lipinski definition) is 7. The molecule has 15 heteroatoms. The minimum absolute atomic E-state index is 0.0192. The van der Waals surface area contributed by atoms with Crippen molar-refractivity contribution in [3.63, 3.8) is 0 Å². The molecule has 0 saturated carbocycles. The summed E-state index contributed by atoms with van der Waals surface area (Å²) in [6, 6.07) is 13.4. The number of hydrogen-bond donors (Lipinski definition) is 1. The summed E-state index contributed by atoms with van der Waals surface area (Å²) in [5.74, 6) is -1.64. The van der Waals surface area contributed by atoms with Crippen molar-refractivity contribution in [3.8, 4) is 11.5 Å². The first-order valence-electron chi connectivity index (χ1n) is 11.0. The molecule has 3 aromatic rings. The Labute approximate surface area is 244 Å². The fraction of sp³-hybridized carbons (Fsp3) is 0.0800. The van der Waals surface area contributed by atoms with Crippen molar-refractivity contribution < 1.29 is 37.2 Å². The van der Waals surface area contributed by atoms with E-state index in [-0.39, 0.29) is 19.6 Å². The first-order chi connectivity index (χ1) is 18.8. The average molecular weight is 701 g/mol. The number of ether oxygens (including phenoxy) is 1. The first-order valence-corrected chi connectivity index (χ1v) is 13.4. The van der Waals surface area contributed by atoms with Gasteiger partial charge in [-0.2, -0.15) is 13.2 Å². The van der Waals surface area contributed by atoms with Crippen LogP contribution in [-0.4, -0.2) is 33.4 Å². The predicted octanol–water partition coefficient (Wildman–Crippen LogP) is 7.61. The van der Waals surface area contributed by atoms with Crippen molar-refractivity contribution in [1.29, 1.82) is 0 Å². The van der Waals surface area contributed by atoms with Crippen LogP contribution in [0.25, 0.3) is 6.08 Å². The van der Waals surface area contributed by atoms with Gasteiger partial charge in [-0.15, -0.1) is 0 Å². The maximum Gasteiger partial charge on any atom is 0.416 e. The van der Waals surface area contributed by atoms with E-state index in [9.17, 15) is 37.7 Å². The Balaban J connectivity index is 1.53. The molecule has 4 rings (SSSR count). The number of rotatable bonds is 7. The molecule has 1 saturated heterocycles. The van der Waals surface area contributed by atoms with Gasteiger partial charge in [-0.25, -0.2) is 0 Å². The molecule has 0 aromatic heterocycles. The number of benzene rings is 3. The number of carbonyl (C=O) groups excluding carboxylic acids is 3. The van der Waals surface area contributed by atoms with E-state index < -0.39 is 51.7 Å². The van der Waals surface area contributed by atoms with Crippen LogP contribution in [0.4, 0.5) is 29.3 Å². The summed E-state index contributed by atoms with van der Waals surface area (Å²) < 4.78 is 45.1. The number of alkyl halides is 3. The number of nitro benzene ring substituents is 1. The summed E-state index contributed by atoms with van der Waals surface area (Å²) in [6.07, 6.45) is -3.38. The number of nitrogens with zero attached hydrogens (tertiary/aromatic N) is 2. The Hall–Kier alpha value is -3.69. The van der Waals surface area contributed by atoms with Crippen LogP contribution in [0.1, 0.15) is 11.1 Å². The lowest BCUT2D eigenvalue weighted by Gasteiger charge is -2.13. The second-order valence-electron chi connectivity index (χ2n) is 8.04. The second kappa shape index (κ2) is 11.8. The molecule has 0 bridgehead atoms. The lowest BCUT2D eigenvalue weighted by molar-refractivity contribution is -0.385. The van der Waals surface area contributed by atoms with Crippen molar-refractivity contribution >= 4 is 78.1 Å². The highest BCUT2D eigenvalue weighted by molar-refractivity contribution is 9.11. The molecule has 3 aromatic carbocycles. The van der Waals surface area contributed by atoms with Crippen molar-refractivity contribution in [2.45, 2.75) is 6.18 Å². The molecule has 206 valence electrons. The van der Waals surface area contributed by atoms with Gasteiger partial charge in [0.15, 0.2) is 5.75 Å². The third kappa shape index (κ3) is 6.71. The van der Waals surface area contributed by atoms with Crippen LogP contribution in [0.5, 0.6) is 11.5 Å². The molecule has 0 unspecified atom stereocenters. The molecule has 0 atom stereocenters. The van der Waals surface area contributed by atoms with Crippen molar-refractivity contribution in [1.82, 2.24) is 4.90 Å². The van der Waals surface area contributed by atoms with E-state index in [2.05, 4.69) is 37.2 Å². The Bertz CT molecular complexity index is 1540. The maximum atomic E-state index is 13.0. The highest BCUT2D eigenvalue weighted by Crippen LogP contribution is 2.43. The van der Waals surface area contributed by atoms with E-state index in [0.717, 1.165) is 11.0 Å². The third-order valence-electron chi connectivity index (χ3n) is 5.25. The molecular formula is C25H14Br2F3N3O6S. The van der Waals surface area contributed by atoms with E-state index in [1.165, 1.54) is 18.2 Å². The molecular weight excluding hydrogens is 687 g/mol. The van der Waals surface area contributed by atoms with Gasteiger partial charge in [0.25, 0.3) is 11.1 Å². The van der Waals surface area contributed by atoms with Gasteiger partial charge >= 0.3 is 11.9 Å². The van der Waals surface area contributed by atoms with Gasteiger partial charge in [-0.05, 0) is 91.7 Å². The lowest BCUT2D eigenvalue weighted by atomic mass is 10.1. The SMILES string of the molecule is O=C(CN1C(=O)S/C(=C\c2cc(Br)c(Oc3ccc(C(F)(F)F)cc3[N+](=O)[O-])c(Br)c2)C1=O)Nc1ccccc1. The first kappa shape index (κ1) is 29.3. The number of amides is 3.